The molecule has 1 unspecified atom stereocenters. The van der Waals surface area contributed by atoms with Gasteiger partial charge in [-0.3, -0.25) is 9.69 Å². The molecule has 0 aromatic heterocycles. The summed E-state index contributed by atoms with van der Waals surface area (Å²) >= 11 is 0. The highest BCUT2D eigenvalue weighted by molar-refractivity contribution is 5.85. The monoisotopic (exact) mass is 365 g/mol. The minimum absolute atomic E-state index is 0. The molecule has 4 nitrogen and oxygen atoms in total. The quantitative estimate of drug-likeness (QED) is 0.816. The number of rotatable bonds is 2. The molecule has 0 radical (unpaired) electrons. The first-order chi connectivity index (χ1) is 10.3. The summed E-state index contributed by atoms with van der Waals surface area (Å²) in [5, 5.41) is 3.51. The van der Waals surface area contributed by atoms with E-state index in [1.165, 1.54) is 38.5 Å². The van der Waals surface area contributed by atoms with E-state index < -0.39 is 0 Å². The Labute approximate surface area is 153 Å². The molecule has 3 atom stereocenters. The van der Waals surface area contributed by atoms with Gasteiger partial charge in [0.05, 0.1) is 6.04 Å². The van der Waals surface area contributed by atoms with Crippen LogP contribution in [0.1, 0.15) is 45.4 Å². The third-order valence-corrected chi connectivity index (χ3v) is 5.88. The first-order valence-corrected chi connectivity index (χ1v) is 8.99. The fourth-order valence-electron chi connectivity index (χ4n) is 4.34. The van der Waals surface area contributed by atoms with Crippen LogP contribution in [-0.2, 0) is 4.79 Å². The van der Waals surface area contributed by atoms with Gasteiger partial charge in [-0.2, -0.15) is 0 Å². The second-order valence-electron chi connectivity index (χ2n) is 7.21. The summed E-state index contributed by atoms with van der Waals surface area (Å²) in [6.07, 6.45) is 7.56. The second-order valence-corrected chi connectivity index (χ2v) is 7.21. The van der Waals surface area contributed by atoms with E-state index in [9.17, 15) is 4.79 Å². The molecule has 3 heterocycles. The summed E-state index contributed by atoms with van der Waals surface area (Å²) in [5.74, 6) is 1.98. The number of carbonyl (C=O) groups excluding carboxylic acids is 1. The lowest BCUT2D eigenvalue weighted by Gasteiger charge is -2.31. The maximum atomic E-state index is 12.9. The molecule has 0 saturated carbocycles. The summed E-state index contributed by atoms with van der Waals surface area (Å²) in [6.45, 7) is 8.61. The number of fused-ring (bicyclic) bond motifs is 1. The molecule has 0 aromatic carbocycles. The normalized spacial score (nSPS) is 30.2. The minimum Gasteiger partial charge on any atom is -0.341 e. The zero-order chi connectivity index (χ0) is 14.7. The Kier molecular flexibility index (Phi) is 9.20. The molecular weight excluding hydrogens is 333 g/mol. The predicted octanol–water partition coefficient (Wildman–Crippen LogP) is 2.55. The number of carbonyl (C=O) groups is 1. The number of nitrogens with zero attached hydrogens (tertiary/aromatic N) is 2. The van der Waals surface area contributed by atoms with E-state index in [1.54, 1.807) is 0 Å². The van der Waals surface area contributed by atoms with Gasteiger partial charge in [-0.15, -0.1) is 24.8 Å². The van der Waals surface area contributed by atoms with E-state index in [1.807, 2.05) is 0 Å². The average Bonchev–Trinajstić information content (AvgIpc) is 2.71. The lowest BCUT2D eigenvalue weighted by Crippen LogP contribution is -2.48. The van der Waals surface area contributed by atoms with E-state index in [-0.39, 0.29) is 30.9 Å². The summed E-state index contributed by atoms with van der Waals surface area (Å²) in [4.78, 5) is 17.4. The van der Waals surface area contributed by atoms with Crippen molar-refractivity contribution < 1.29 is 4.79 Å². The Balaban J connectivity index is 0.00000132. The Hall–Kier alpha value is -0.0300. The van der Waals surface area contributed by atoms with Crippen LogP contribution in [0.3, 0.4) is 0 Å². The summed E-state index contributed by atoms with van der Waals surface area (Å²) in [6, 6.07) is 0.0826. The molecule has 1 N–H and O–H groups in total. The van der Waals surface area contributed by atoms with Crippen LogP contribution in [0, 0.1) is 11.8 Å². The third-order valence-electron chi connectivity index (χ3n) is 5.88. The van der Waals surface area contributed by atoms with Crippen molar-refractivity contribution in [2.75, 3.05) is 39.3 Å². The Morgan fingerprint density at radius 3 is 1.96 bits per heavy atom. The maximum Gasteiger partial charge on any atom is 0.239 e. The van der Waals surface area contributed by atoms with Crippen LogP contribution in [0.4, 0.5) is 0 Å². The molecule has 23 heavy (non-hydrogen) atoms. The van der Waals surface area contributed by atoms with E-state index >= 15 is 0 Å². The molecule has 0 bridgehead atoms. The second kappa shape index (κ2) is 10.1. The topological polar surface area (TPSA) is 35.6 Å². The van der Waals surface area contributed by atoms with Crippen LogP contribution in [0.5, 0.6) is 0 Å². The fraction of sp³-hybridized carbons (Fsp3) is 0.941. The number of nitrogens with one attached hydrogen (secondary N) is 1. The van der Waals surface area contributed by atoms with Crippen LogP contribution >= 0.6 is 24.8 Å². The van der Waals surface area contributed by atoms with E-state index in [0.717, 1.165) is 51.1 Å². The zero-order valence-corrected chi connectivity index (χ0v) is 16.0. The number of amides is 1. The zero-order valence-electron chi connectivity index (χ0n) is 14.3. The smallest absolute Gasteiger partial charge is 0.239 e. The fourth-order valence-corrected chi connectivity index (χ4v) is 4.34. The van der Waals surface area contributed by atoms with Crippen LogP contribution in [-0.4, -0.2) is 61.0 Å². The molecule has 6 heteroatoms. The molecule has 3 aliphatic heterocycles. The van der Waals surface area contributed by atoms with Gasteiger partial charge in [-0.1, -0.05) is 12.8 Å². The van der Waals surface area contributed by atoms with Gasteiger partial charge >= 0.3 is 0 Å². The Morgan fingerprint density at radius 2 is 1.43 bits per heavy atom. The molecule has 0 aromatic rings. The van der Waals surface area contributed by atoms with Crippen LogP contribution in [0.25, 0.3) is 0 Å². The van der Waals surface area contributed by atoms with Crippen molar-refractivity contribution in [2.24, 2.45) is 11.8 Å². The summed E-state index contributed by atoms with van der Waals surface area (Å²) in [7, 11) is 0. The van der Waals surface area contributed by atoms with E-state index in [0.29, 0.717) is 5.91 Å². The van der Waals surface area contributed by atoms with Crippen molar-refractivity contribution in [3.05, 3.63) is 0 Å². The first-order valence-electron chi connectivity index (χ1n) is 8.99. The van der Waals surface area contributed by atoms with Gasteiger partial charge in [0.2, 0.25) is 5.91 Å². The molecule has 3 saturated heterocycles. The van der Waals surface area contributed by atoms with Crippen molar-refractivity contribution in [3.63, 3.8) is 0 Å². The van der Waals surface area contributed by atoms with Crippen LogP contribution in [0.15, 0.2) is 0 Å². The molecule has 0 aliphatic carbocycles. The van der Waals surface area contributed by atoms with Crippen LogP contribution in [0.2, 0.25) is 0 Å². The molecule has 1 amide bonds. The van der Waals surface area contributed by atoms with Gasteiger partial charge in [-0.25, -0.2) is 0 Å². The van der Waals surface area contributed by atoms with Crippen molar-refractivity contribution >= 4 is 30.7 Å². The maximum absolute atomic E-state index is 12.9. The van der Waals surface area contributed by atoms with Gasteiger partial charge in [0.1, 0.15) is 0 Å². The molecule has 3 aliphatic rings. The van der Waals surface area contributed by atoms with E-state index in [4.69, 9.17) is 0 Å². The molecule has 0 spiro atoms. The van der Waals surface area contributed by atoms with Gasteiger partial charge in [0, 0.05) is 13.1 Å². The molecule has 3 rings (SSSR count). The van der Waals surface area contributed by atoms with Crippen molar-refractivity contribution in [2.45, 2.75) is 51.5 Å². The lowest BCUT2D eigenvalue weighted by atomic mass is 9.92. The Morgan fingerprint density at radius 1 is 0.913 bits per heavy atom. The average molecular weight is 366 g/mol. The third kappa shape index (κ3) is 5.22. The summed E-state index contributed by atoms with van der Waals surface area (Å²) in [5.41, 5.74) is 0. The first kappa shape index (κ1) is 21.0. The number of halogens is 2. The number of likely N-dealkylation sites (tertiary alicyclic amines) is 2. The van der Waals surface area contributed by atoms with Gasteiger partial charge < -0.3 is 10.2 Å². The number of hydrogen-bond acceptors (Lipinski definition) is 3. The standard InChI is InChI=1S/C17H31N3O.2ClH/c1-14(19-8-4-2-3-5-9-19)17(21)20-10-6-15-12-18-13-16(15)7-11-20;;/h14-16,18H,2-13H2,1H3;2*1H/t14?,15-,16+;;. The van der Waals surface area contributed by atoms with Gasteiger partial charge in [-0.05, 0) is 70.6 Å². The highest BCUT2D eigenvalue weighted by Gasteiger charge is 2.33. The summed E-state index contributed by atoms with van der Waals surface area (Å²) < 4.78 is 0. The van der Waals surface area contributed by atoms with Crippen molar-refractivity contribution in [1.82, 2.24) is 15.1 Å². The van der Waals surface area contributed by atoms with E-state index in [2.05, 4.69) is 22.0 Å². The van der Waals surface area contributed by atoms with Gasteiger partial charge in [0.25, 0.3) is 0 Å². The Bertz CT molecular complexity index is 348. The van der Waals surface area contributed by atoms with Crippen molar-refractivity contribution in [1.29, 1.82) is 0 Å². The molecule has 136 valence electrons. The largest absolute Gasteiger partial charge is 0.341 e. The number of hydrogen-bond donors (Lipinski definition) is 1. The SMILES string of the molecule is CC(C(=O)N1CC[C@@H]2CNC[C@@H]2CC1)N1CCCCCC1.Cl.Cl. The molecular formula is C17H33Cl2N3O. The highest BCUT2D eigenvalue weighted by Crippen LogP contribution is 2.27. The minimum atomic E-state index is 0. The highest BCUT2D eigenvalue weighted by atomic mass is 35.5. The van der Waals surface area contributed by atoms with Gasteiger partial charge in [0.15, 0.2) is 0 Å². The van der Waals surface area contributed by atoms with Crippen molar-refractivity contribution in [3.8, 4) is 0 Å². The lowest BCUT2D eigenvalue weighted by molar-refractivity contribution is -0.136. The predicted molar refractivity (Wildman–Crippen MR) is 99.7 cm³/mol. The molecule has 3 fully saturated rings. The van der Waals surface area contributed by atoms with Crippen LogP contribution < -0.4 is 5.32 Å².